The number of hydrogen-bond donors (Lipinski definition) is 2. The summed E-state index contributed by atoms with van der Waals surface area (Å²) in [6.45, 7) is 1.91. The molecule has 2 unspecified atom stereocenters. The highest BCUT2D eigenvalue weighted by molar-refractivity contribution is 14.0. The third kappa shape index (κ3) is 4.83. The number of aliphatic imine (C=N–C) groups is 1. The molecular formula is C19H31IN4S. The highest BCUT2D eigenvalue weighted by atomic mass is 127. The van der Waals surface area contributed by atoms with Gasteiger partial charge < -0.3 is 15.5 Å². The van der Waals surface area contributed by atoms with Crippen molar-refractivity contribution in [2.24, 2.45) is 4.99 Å². The van der Waals surface area contributed by atoms with Gasteiger partial charge in [-0.15, -0.1) is 24.0 Å². The zero-order chi connectivity index (χ0) is 17.0. The Morgan fingerprint density at radius 3 is 2.80 bits per heavy atom. The van der Waals surface area contributed by atoms with Crippen LogP contribution < -0.4 is 10.6 Å². The molecule has 3 rings (SSSR count). The van der Waals surface area contributed by atoms with E-state index in [9.17, 15) is 0 Å². The molecule has 0 spiro atoms. The third-order valence-corrected chi connectivity index (χ3v) is 6.85. The molecular weight excluding hydrogens is 443 g/mol. The van der Waals surface area contributed by atoms with E-state index in [-0.39, 0.29) is 29.5 Å². The number of aryl methyl sites for hydroxylation is 1. The number of benzene rings is 1. The predicted octanol–water partition coefficient (Wildman–Crippen LogP) is 2.94. The Hall–Kier alpha value is -0.470. The van der Waals surface area contributed by atoms with Crippen molar-refractivity contribution in [3.8, 4) is 0 Å². The summed E-state index contributed by atoms with van der Waals surface area (Å²) in [5.41, 5.74) is 3.28. The topological polar surface area (TPSA) is 39.7 Å². The SMILES string of the molecule is CN=C(NCC1CCc2ccccc21)NCC1(N(C)C)CCSC1.I. The summed E-state index contributed by atoms with van der Waals surface area (Å²) in [5.74, 6) is 3.98. The van der Waals surface area contributed by atoms with Crippen molar-refractivity contribution in [3.05, 3.63) is 35.4 Å². The standard InChI is InChI=1S/C19H30N4S.HI/c1-20-18(22-13-19(23(2)3)10-11-24-14-19)21-12-16-9-8-15-6-4-5-7-17(15)16;/h4-7,16H,8-14H2,1-3H3,(H2,20,21,22);1H. The van der Waals surface area contributed by atoms with Crippen LogP contribution in [-0.4, -0.2) is 62.1 Å². The van der Waals surface area contributed by atoms with Crippen molar-refractivity contribution in [3.63, 3.8) is 0 Å². The molecule has 4 nitrogen and oxygen atoms in total. The van der Waals surface area contributed by atoms with Gasteiger partial charge in [-0.25, -0.2) is 0 Å². The zero-order valence-corrected chi connectivity index (χ0v) is 18.7. The van der Waals surface area contributed by atoms with Crippen molar-refractivity contribution in [2.75, 3.05) is 45.7 Å². The number of nitrogens with one attached hydrogen (secondary N) is 2. The summed E-state index contributed by atoms with van der Waals surface area (Å²) in [7, 11) is 6.25. The molecule has 1 aliphatic carbocycles. The lowest BCUT2D eigenvalue weighted by Crippen LogP contribution is -2.55. The van der Waals surface area contributed by atoms with Crippen LogP contribution in [0.3, 0.4) is 0 Å². The largest absolute Gasteiger partial charge is 0.356 e. The minimum absolute atomic E-state index is 0. The number of fused-ring (bicyclic) bond motifs is 1. The van der Waals surface area contributed by atoms with E-state index in [4.69, 9.17) is 0 Å². The summed E-state index contributed by atoms with van der Waals surface area (Å²) in [4.78, 5) is 6.80. The van der Waals surface area contributed by atoms with Gasteiger partial charge in [-0.3, -0.25) is 4.99 Å². The lowest BCUT2D eigenvalue weighted by Gasteiger charge is -2.36. The van der Waals surface area contributed by atoms with Gasteiger partial charge in [0.1, 0.15) is 0 Å². The minimum atomic E-state index is 0. The van der Waals surface area contributed by atoms with Crippen molar-refractivity contribution in [2.45, 2.75) is 30.7 Å². The van der Waals surface area contributed by atoms with E-state index < -0.39 is 0 Å². The van der Waals surface area contributed by atoms with Crippen molar-refractivity contribution < 1.29 is 0 Å². The molecule has 0 aromatic heterocycles. The van der Waals surface area contributed by atoms with Crippen molar-refractivity contribution >= 4 is 41.7 Å². The molecule has 2 atom stereocenters. The average Bonchev–Trinajstić information content (AvgIpc) is 3.23. The second kappa shape index (κ2) is 9.46. The fraction of sp³-hybridized carbons (Fsp3) is 0.632. The van der Waals surface area contributed by atoms with Crippen LogP contribution in [0.5, 0.6) is 0 Å². The zero-order valence-electron chi connectivity index (χ0n) is 15.5. The molecule has 1 aliphatic heterocycles. The Bertz CT molecular complexity index is 585. The monoisotopic (exact) mass is 474 g/mol. The molecule has 1 aromatic rings. The summed E-state index contributed by atoms with van der Waals surface area (Å²) in [6.07, 6.45) is 3.68. The van der Waals surface area contributed by atoms with E-state index in [1.165, 1.54) is 41.9 Å². The second-order valence-electron chi connectivity index (χ2n) is 7.16. The molecule has 140 valence electrons. The van der Waals surface area contributed by atoms with Gasteiger partial charge in [-0.05, 0) is 50.2 Å². The lowest BCUT2D eigenvalue weighted by atomic mass is 9.97. The summed E-state index contributed by atoms with van der Waals surface area (Å²) < 4.78 is 0. The van der Waals surface area contributed by atoms with E-state index in [0.717, 1.165) is 19.0 Å². The van der Waals surface area contributed by atoms with Crippen molar-refractivity contribution in [1.29, 1.82) is 0 Å². The third-order valence-electron chi connectivity index (χ3n) is 5.61. The number of hydrogen-bond acceptors (Lipinski definition) is 3. The van der Waals surface area contributed by atoms with E-state index in [0.29, 0.717) is 5.92 Å². The summed E-state index contributed by atoms with van der Waals surface area (Å²) in [6, 6.07) is 8.85. The van der Waals surface area contributed by atoms with Gasteiger partial charge in [-0.2, -0.15) is 11.8 Å². The van der Waals surface area contributed by atoms with Crippen LogP contribution in [0, 0.1) is 0 Å². The molecule has 1 aromatic carbocycles. The van der Waals surface area contributed by atoms with E-state index >= 15 is 0 Å². The Morgan fingerprint density at radius 2 is 2.12 bits per heavy atom. The molecule has 1 saturated heterocycles. The van der Waals surface area contributed by atoms with Gasteiger partial charge in [0.25, 0.3) is 0 Å². The Morgan fingerprint density at radius 1 is 1.32 bits per heavy atom. The Labute approximate surface area is 173 Å². The van der Waals surface area contributed by atoms with Gasteiger partial charge in [0.05, 0.1) is 0 Å². The first-order chi connectivity index (χ1) is 11.6. The first-order valence-electron chi connectivity index (χ1n) is 8.92. The molecule has 1 heterocycles. The van der Waals surface area contributed by atoms with E-state index in [1.54, 1.807) is 0 Å². The first-order valence-corrected chi connectivity index (χ1v) is 10.1. The molecule has 0 radical (unpaired) electrons. The molecule has 0 bridgehead atoms. The number of halogens is 1. The maximum Gasteiger partial charge on any atom is 0.191 e. The Kier molecular flexibility index (Phi) is 7.89. The second-order valence-corrected chi connectivity index (χ2v) is 8.27. The predicted molar refractivity (Wildman–Crippen MR) is 121 cm³/mol. The fourth-order valence-corrected chi connectivity index (χ4v) is 5.35. The molecule has 25 heavy (non-hydrogen) atoms. The minimum Gasteiger partial charge on any atom is -0.356 e. The molecule has 0 amide bonds. The Balaban J connectivity index is 0.00000225. The molecule has 2 aliphatic rings. The van der Waals surface area contributed by atoms with Gasteiger partial charge in [0, 0.05) is 37.3 Å². The van der Waals surface area contributed by atoms with Gasteiger partial charge in [0.15, 0.2) is 5.96 Å². The van der Waals surface area contributed by atoms with Crippen LogP contribution >= 0.6 is 35.7 Å². The molecule has 1 fully saturated rings. The number of likely N-dealkylation sites (N-methyl/N-ethyl adjacent to an activating group) is 1. The summed E-state index contributed by atoms with van der Waals surface area (Å²) in [5, 5.41) is 7.11. The summed E-state index contributed by atoms with van der Waals surface area (Å²) >= 11 is 2.05. The van der Waals surface area contributed by atoms with Crippen LogP contribution in [0.25, 0.3) is 0 Å². The maximum absolute atomic E-state index is 4.43. The van der Waals surface area contributed by atoms with E-state index in [1.807, 2.05) is 7.05 Å². The van der Waals surface area contributed by atoms with E-state index in [2.05, 4.69) is 70.6 Å². The normalized spacial score (nSPS) is 25.6. The number of guanidine groups is 1. The number of rotatable bonds is 5. The van der Waals surface area contributed by atoms with Crippen LogP contribution in [0.2, 0.25) is 0 Å². The average molecular weight is 474 g/mol. The molecule has 2 N–H and O–H groups in total. The van der Waals surface area contributed by atoms with Crippen LogP contribution in [0.1, 0.15) is 29.9 Å². The highest BCUT2D eigenvalue weighted by Crippen LogP contribution is 2.32. The van der Waals surface area contributed by atoms with Gasteiger partial charge >= 0.3 is 0 Å². The van der Waals surface area contributed by atoms with Gasteiger partial charge in [0.2, 0.25) is 0 Å². The van der Waals surface area contributed by atoms with Crippen molar-refractivity contribution in [1.82, 2.24) is 15.5 Å². The number of nitrogens with zero attached hydrogens (tertiary/aromatic N) is 2. The van der Waals surface area contributed by atoms with Crippen LogP contribution in [0.4, 0.5) is 0 Å². The quantitative estimate of drug-likeness (QED) is 0.391. The lowest BCUT2D eigenvalue weighted by molar-refractivity contribution is 0.183. The highest BCUT2D eigenvalue weighted by Gasteiger charge is 2.36. The van der Waals surface area contributed by atoms with Crippen LogP contribution in [-0.2, 0) is 6.42 Å². The number of thioether (sulfide) groups is 1. The maximum atomic E-state index is 4.43. The molecule has 6 heteroatoms. The molecule has 0 saturated carbocycles. The smallest absolute Gasteiger partial charge is 0.191 e. The van der Waals surface area contributed by atoms with Gasteiger partial charge in [-0.1, -0.05) is 24.3 Å². The first kappa shape index (κ1) is 20.8. The van der Waals surface area contributed by atoms with Crippen LogP contribution in [0.15, 0.2) is 29.3 Å². The fourth-order valence-electron chi connectivity index (χ4n) is 3.79.